The number of nitrogens with zero attached hydrogens (tertiary/aromatic N) is 2. The monoisotopic (exact) mass is 304 g/mol. The molecule has 2 fully saturated rings. The van der Waals surface area contributed by atoms with Crippen LogP contribution in [0.4, 0.5) is 0 Å². The topological polar surface area (TPSA) is 78.1 Å². The minimum atomic E-state index is -0.343. The van der Waals surface area contributed by atoms with Crippen molar-refractivity contribution >= 4 is 5.91 Å². The summed E-state index contributed by atoms with van der Waals surface area (Å²) in [4.78, 5) is 32.7. The molecule has 1 aromatic heterocycles. The van der Waals surface area contributed by atoms with Crippen LogP contribution >= 0.6 is 0 Å². The van der Waals surface area contributed by atoms with Crippen LogP contribution in [0.1, 0.15) is 55.4 Å². The lowest BCUT2D eigenvalue weighted by Crippen LogP contribution is -2.56. The van der Waals surface area contributed by atoms with Gasteiger partial charge >= 0.3 is 0 Å². The van der Waals surface area contributed by atoms with E-state index < -0.39 is 0 Å². The molecular weight excluding hydrogens is 280 g/mol. The summed E-state index contributed by atoms with van der Waals surface area (Å²) in [5.74, 6) is -0.216. The Bertz CT molecular complexity index is 572. The molecular formula is C16H24N4O2. The van der Waals surface area contributed by atoms with E-state index in [1.54, 1.807) is 0 Å². The second kappa shape index (κ2) is 6.60. The fraction of sp³-hybridized carbons (Fsp3) is 0.688. The van der Waals surface area contributed by atoms with E-state index in [9.17, 15) is 9.59 Å². The van der Waals surface area contributed by atoms with Crippen LogP contribution in [0.5, 0.6) is 0 Å². The van der Waals surface area contributed by atoms with Crippen LogP contribution in [-0.2, 0) is 0 Å². The highest BCUT2D eigenvalue weighted by Crippen LogP contribution is 2.30. The van der Waals surface area contributed by atoms with Gasteiger partial charge in [-0.25, -0.2) is 0 Å². The summed E-state index contributed by atoms with van der Waals surface area (Å²) in [6, 6.07) is 0. The summed E-state index contributed by atoms with van der Waals surface area (Å²) in [5.41, 5.74) is -0.254. The Morgan fingerprint density at radius 1 is 1.18 bits per heavy atom. The molecule has 2 heterocycles. The number of aromatic nitrogens is 2. The van der Waals surface area contributed by atoms with Crippen molar-refractivity contribution in [3.05, 3.63) is 28.4 Å². The zero-order valence-corrected chi connectivity index (χ0v) is 12.9. The Labute approximate surface area is 130 Å². The zero-order chi connectivity index (χ0) is 15.4. The van der Waals surface area contributed by atoms with Crippen molar-refractivity contribution in [2.45, 2.75) is 50.5 Å². The molecule has 0 aromatic carbocycles. The van der Waals surface area contributed by atoms with E-state index in [4.69, 9.17) is 0 Å². The summed E-state index contributed by atoms with van der Waals surface area (Å²) >= 11 is 0. The van der Waals surface area contributed by atoms with Crippen LogP contribution in [0.15, 0.2) is 17.2 Å². The standard InChI is InChI=1S/C16H24N4O2/c21-14-11-17-10-13(18-14)15(22)19-16(6-2-1-3-7-16)12-20-8-4-5-9-20/h10-11H,1-9,12H2,(H,18,21)(H,19,22). The van der Waals surface area contributed by atoms with Gasteiger partial charge in [-0.05, 0) is 38.8 Å². The lowest BCUT2D eigenvalue weighted by molar-refractivity contribution is 0.0816. The molecule has 1 saturated carbocycles. The van der Waals surface area contributed by atoms with Gasteiger partial charge in [0.1, 0.15) is 5.69 Å². The van der Waals surface area contributed by atoms with Crippen LogP contribution in [-0.4, -0.2) is 45.9 Å². The summed E-state index contributed by atoms with van der Waals surface area (Å²) in [6.07, 6.45) is 10.7. The van der Waals surface area contributed by atoms with E-state index in [0.717, 1.165) is 45.3 Å². The van der Waals surface area contributed by atoms with E-state index in [1.165, 1.54) is 31.7 Å². The molecule has 6 heteroatoms. The van der Waals surface area contributed by atoms with Gasteiger partial charge in [0.2, 0.25) is 0 Å². The maximum absolute atomic E-state index is 12.5. The highest BCUT2D eigenvalue weighted by atomic mass is 16.2. The first-order chi connectivity index (χ1) is 10.7. The summed E-state index contributed by atoms with van der Waals surface area (Å²) < 4.78 is 0. The number of hydrogen-bond donors (Lipinski definition) is 2. The number of amides is 1. The van der Waals surface area contributed by atoms with Crippen molar-refractivity contribution < 1.29 is 4.79 Å². The smallest absolute Gasteiger partial charge is 0.269 e. The Kier molecular flexibility index (Phi) is 4.57. The third-order valence-corrected chi connectivity index (χ3v) is 4.81. The maximum atomic E-state index is 12.5. The number of nitrogens with one attached hydrogen (secondary N) is 2. The molecule has 22 heavy (non-hydrogen) atoms. The van der Waals surface area contributed by atoms with Crippen molar-refractivity contribution in [2.75, 3.05) is 19.6 Å². The van der Waals surface area contributed by atoms with Crippen LogP contribution in [0.3, 0.4) is 0 Å². The molecule has 6 nitrogen and oxygen atoms in total. The lowest BCUT2D eigenvalue weighted by atomic mass is 9.81. The molecule has 1 aromatic rings. The van der Waals surface area contributed by atoms with Crippen LogP contribution in [0, 0.1) is 0 Å². The van der Waals surface area contributed by atoms with Gasteiger partial charge in [-0.1, -0.05) is 19.3 Å². The number of hydrogen-bond acceptors (Lipinski definition) is 4. The molecule has 2 aliphatic rings. The zero-order valence-electron chi connectivity index (χ0n) is 12.9. The SMILES string of the molecule is O=C(NC1(CN2CCCC2)CCCCC1)c1cncc(=O)[nH]1. The first-order valence-electron chi connectivity index (χ1n) is 8.26. The number of rotatable bonds is 4. The van der Waals surface area contributed by atoms with Gasteiger partial charge < -0.3 is 15.2 Å². The molecule has 1 aliphatic carbocycles. The van der Waals surface area contributed by atoms with E-state index in [1.807, 2.05) is 0 Å². The van der Waals surface area contributed by atoms with E-state index in [-0.39, 0.29) is 22.7 Å². The second-order valence-electron chi connectivity index (χ2n) is 6.59. The van der Waals surface area contributed by atoms with Gasteiger partial charge in [0.25, 0.3) is 11.5 Å². The summed E-state index contributed by atoms with van der Waals surface area (Å²) in [5, 5.41) is 3.21. The summed E-state index contributed by atoms with van der Waals surface area (Å²) in [7, 11) is 0. The Hall–Kier alpha value is -1.69. The average molecular weight is 304 g/mol. The number of H-pyrrole nitrogens is 1. The van der Waals surface area contributed by atoms with Crippen LogP contribution in [0.25, 0.3) is 0 Å². The van der Waals surface area contributed by atoms with Gasteiger partial charge in [0, 0.05) is 6.54 Å². The van der Waals surface area contributed by atoms with E-state index in [0.29, 0.717) is 0 Å². The third kappa shape index (κ3) is 3.55. The second-order valence-corrected chi connectivity index (χ2v) is 6.59. The highest BCUT2D eigenvalue weighted by molar-refractivity contribution is 5.92. The molecule has 0 bridgehead atoms. The molecule has 2 N–H and O–H groups in total. The van der Waals surface area contributed by atoms with Gasteiger partial charge in [0.15, 0.2) is 0 Å². The van der Waals surface area contributed by atoms with Crippen LogP contribution in [0.2, 0.25) is 0 Å². The van der Waals surface area contributed by atoms with E-state index in [2.05, 4.69) is 20.2 Å². The third-order valence-electron chi connectivity index (χ3n) is 4.81. The van der Waals surface area contributed by atoms with Gasteiger partial charge in [-0.3, -0.25) is 14.6 Å². The van der Waals surface area contributed by atoms with Crippen molar-refractivity contribution in [1.29, 1.82) is 0 Å². The largest absolute Gasteiger partial charge is 0.344 e. The molecule has 0 unspecified atom stereocenters. The molecule has 0 radical (unpaired) electrons. The summed E-state index contributed by atoms with van der Waals surface area (Å²) in [6.45, 7) is 3.17. The molecule has 120 valence electrons. The predicted octanol–water partition coefficient (Wildman–Crippen LogP) is 1.30. The number of carbonyl (C=O) groups is 1. The molecule has 3 rings (SSSR count). The van der Waals surface area contributed by atoms with Gasteiger partial charge in [-0.2, -0.15) is 0 Å². The highest BCUT2D eigenvalue weighted by Gasteiger charge is 2.36. The van der Waals surface area contributed by atoms with Crippen molar-refractivity contribution in [3.8, 4) is 0 Å². The first kappa shape index (κ1) is 15.2. The Morgan fingerprint density at radius 3 is 2.59 bits per heavy atom. The first-order valence-corrected chi connectivity index (χ1v) is 8.26. The number of carbonyl (C=O) groups excluding carboxylic acids is 1. The fourth-order valence-corrected chi connectivity index (χ4v) is 3.72. The maximum Gasteiger partial charge on any atom is 0.269 e. The quantitative estimate of drug-likeness (QED) is 0.879. The van der Waals surface area contributed by atoms with Crippen LogP contribution < -0.4 is 10.9 Å². The Balaban J connectivity index is 1.74. The molecule has 0 spiro atoms. The fourth-order valence-electron chi connectivity index (χ4n) is 3.72. The normalized spacial score (nSPS) is 21.6. The predicted molar refractivity (Wildman–Crippen MR) is 83.8 cm³/mol. The van der Waals surface area contributed by atoms with Gasteiger partial charge in [-0.15, -0.1) is 0 Å². The van der Waals surface area contributed by atoms with Gasteiger partial charge in [0.05, 0.1) is 17.9 Å². The Morgan fingerprint density at radius 2 is 1.91 bits per heavy atom. The minimum Gasteiger partial charge on any atom is -0.344 e. The molecule has 1 aliphatic heterocycles. The average Bonchev–Trinajstić information content (AvgIpc) is 3.00. The number of likely N-dealkylation sites (tertiary alicyclic amines) is 1. The van der Waals surface area contributed by atoms with Crippen molar-refractivity contribution in [2.24, 2.45) is 0 Å². The van der Waals surface area contributed by atoms with Crippen molar-refractivity contribution in [3.63, 3.8) is 0 Å². The van der Waals surface area contributed by atoms with Crippen molar-refractivity contribution in [1.82, 2.24) is 20.2 Å². The lowest BCUT2D eigenvalue weighted by Gasteiger charge is -2.40. The number of aromatic amines is 1. The molecule has 1 amide bonds. The molecule has 1 saturated heterocycles. The minimum absolute atomic E-state index is 0.160. The molecule has 0 atom stereocenters. The van der Waals surface area contributed by atoms with E-state index >= 15 is 0 Å².